The molecule has 29 heavy (non-hydrogen) atoms. The summed E-state index contributed by atoms with van der Waals surface area (Å²) in [6, 6.07) is 5.21. The molecule has 2 aromatic rings. The van der Waals surface area contributed by atoms with Crippen LogP contribution in [-0.2, 0) is 11.3 Å². The van der Waals surface area contributed by atoms with E-state index in [1.807, 2.05) is 0 Å². The van der Waals surface area contributed by atoms with Gasteiger partial charge in [-0.1, -0.05) is 41.2 Å². The smallest absolute Gasteiger partial charge is 0.241 e. The fraction of sp³-hybridized carbons (Fsp3) is 0.571. The Balaban J connectivity index is 1.38. The van der Waals surface area contributed by atoms with Crippen molar-refractivity contribution in [2.75, 3.05) is 26.2 Å². The lowest BCUT2D eigenvalue weighted by molar-refractivity contribution is -0.137. The lowest BCUT2D eigenvalue weighted by atomic mass is 9.96. The Labute approximate surface area is 181 Å². The van der Waals surface area contributed by atoms with Crippen molar-refractivity contribution < 1.29 is 9.32 Å². The highest BCUT2D eigenvalue weighted by molar-refractivity contribution is 6.36. The molecule has 2 saturated heterocycles. The summed E-state index contributed by atoms with van der Waals surface area (Å²) >= 11 is 12.2. The van der Waals surface area contributed by atoms with E-state index in [0.717, 1.165) is 51.9 Å². The minimum absolute atomic E-state index is 0.0648. The van der Waals surface area contributed by atoms with E-state index in [4.69, 9.17) is 27.7 Å². The number of halogens is 2. The van der Waals surface area contributed by atoms with Crippen molar-refractivity contribution in [2.45, 2.75) is 45.1 Å². The minimum atomic E-state index is 0.0648. The van der Waals surface area contributed by atoms with Gasteiger partial charge >= 0.3 is 0 Å². The van der Waals surface area contributed by atoms with Crippen LogP contribution in [0.3, 0.4) is 0 Å². The van der Waals surface area contributed by atoms with E-state index in [1.54, 1.807) is 18.2 Å². The van der Waals surface area contributed by atoms with Gasteiger partial charge in [0.2, 0.25) is 17.6 Å². The number of piperidine rings is 1. The Morgan fingerprint density at radius 1 is 1.10 bits per heavy atom. The van der Waals surface area contributed by atoms with Crippen molar-refractivity contribution in [1.82, 2.24) is 19.9 Å². The van der Waals surface area contributed by atoms with Gasteiger partial charge in [0.25, 0.3) is 0 Å². The van der Waals surface area contributed by atoms with Crippen molar-refractivity contribution in [2.24, 2.45) is 5.92 Å². The molecule has 1 atom stereocenters. The number of rotatable bonds is 4. The zero-order chi connectivity index (χ0) is 20.2. The molecule has 2 aliphatic rings. The van der Waals surface area contributed by atoms with Crippen LogP contribution in [0.1, 0.15) is 44.4 Å². The van der Waals surface area contributed by atoms with E-state index < -0.39 is 0 Å². The van der Waals surface area contributed by atoms with Crippen LogP contribution in [0, 0.1) is 5.92 Å². The molecule has 3 heterocycles. The zero-order valence-corrected chi connectivity index (χ0v) is 18.0. The number of carbonyl (C=O) groups is 1. The maximum Gasteiger partial charge on any atom is 0.241 e. The third kappa shape index (κ3) is 5.11. The topological polar surface area (TPSA) is 62.5 Å². The Morgan fingerprint density at radius 3 is 2.66 bits per heavy atom. The molecule has 8 heteroatoms. The van der Waals surface area contributed by atoms with Crippen molar-refractivity contribution in [1.29, 1.82) is 0 Å². The monoisotopic (exact) mass is 436 g/mol. The average molecular weight is 437 g/mol. The summed E-state index contributed by atoms with van der Waals surface area (Å²) < 4.78 is 5.45. The maximum atomic E-state index is 13.0. The lowest BCUT2D eigenvalue weighted by Gasteiger charge is -2.34. The fourth-order valence-corrected chi connectivity index (χ4v) is 4.73. The molecular weight excluding hydrogens is 411 g/mol. The lowest BCUT2D eigenvalue weighted by Crippen LogP contribution is -2.44. The number of amides is 1. The summed E-state index contributed by atoms with van der Waals surface area (Å²) in [6.07, 6.45) is 6.69. The minimum Gasteiger partial charge on any atom is -0.342 e. The molecule has 2 fully saturated rings. The number of likely N-dealkylation sites (tertiary alicyclic amines) is 2. The number of benzene rings is 1. The van der Waals surface area contributed by atoms with Crippen LogP contribution in [0.2, 0.25) is 10.0 Å². The summed E-state index contributed by atoms with van der Waals surface area (Å²) in [6.45, 7) is 4.04. The number of hydrogen-bond acceptors (Lipinski definition) is 5. The summed E-state index contributed by atoms with van der Waals surface area (Å²) in [4.78, 5) is 21.8. The van der Waals surface area contributed by atoms with Crippen molar-refractivity contribution >= 4 is 29.1 Å². The van der Waals surface area contributed by atoms with Gasteiger partial charge < -0.3 is 9.42 Å². The van der Waals surface area contributed by atoms with Crippen molar-refractivity contribution in [3.05, 3.63) is 34.1 Å². The van der Waals surface area contributed by atoms with Crippen LogP contribution in [0.5, 0.6) is 0 Å². The predicted molar refractivity (Wildman–Crippen MR) is 113 cm³/mol. The van der Waals surface area contributed by atoms with Crippen molar-refractivity contribution in [3.8, 4) is 11.4 Å². The van der Waals surface area contributed by atoms with Crippen LogP contribution >= 0.6 is 23.2 Å². The molecule has 156 valence electrons. The number of hydrogen-bond donors (Lipinski definition) is 0. The molecule has 0 bridgehead atoms. The van der Waals surface area contributed by atoms with Crippen molar-refractivity contribution in [3.63, 3.8) is 0 Å². The van der Waals surface area contributed by atoms with E-state index >= 15 is 0 Å². The quantitative estimate of drug-likeness (QED) is 0.697. The van der Waals surface area contributed by atoms with E-state index in [0.29, 0.717) is 39.8 Å². The van der Waals surface area contributed by atoms with Gasteiger partial charge in [0.1, 0.15) is 0 Å². The van der Waals surface area contributed by atoms with Gasteiger partial charge in [-0.15, -0.1) is 0 Å². The fourth-order valence-electron chi connectivity index (χ4n) is 4.24. The molecule has 1 aromatic heterocycles. The molecule has 1 amide bonds. The maximum absolute atomic E-state index is 13.0. The summed E-state index contributed by atoms with van der Waals surface area (Å²) in [5.74, 6) is 1.37. The normalized spacial score (nSPS) is 21.2. The SMILES string of the molecule is O=C(C1CCCN(Cc2nc(-c3ccc(Cl)cc3Cl)no2)C1)N1CCCCCC1. The third-order valence-electron chi connectivity index (χ3n) is 5.77. The second kappa shape index (κ2) is 9.45. The summed E-state index contributed by atoms with van der Waals surface area (Å²) in [5, 5.41) is 5.12. The summed E-state index contributed by atoms with van der Waals surface area (Å²) in [7, 11) is 0. The number of nitrogens with zero attached hydrogens (tertiary/aromatic N) is 4. The van der Waals surface area contributed by atoms with Gasteiger partial charge in [-0.05, 0) is 50.4 Å². The van der Waals surface area contributed by atoms with Gasteiger partial charge in [0, 0.05) is 30.2 Å². The molecule has 4 rings (SSSR count). The standard InChI is InChI=1S/C21H26Cl2N4O2/c22-16-7-8-17(18(23)12-16)20-24-19(29-25-20)14-26-9-5-6-15(13-26)21(28)27-10-3-1-2-4-11-27/h7-8,12,15H,1-6,9-11,13-14H2. The van der Waals surface area contributed by atoms with Crippen LogP contribution in [0.4, 0.5) is 0 Å². The molecule has 1 aromatic carbocycles. The first kappa shape index (κ1) is 20.6. The first-order chi connectivity index (χ1) is 14.1. The summed E-state index contributed by atoms with van der Waals surface area (Å²) in [5.41, 5.74) is 0.693. The average Bonchev–Trinajstić information content (AvgIpc) is 2.99. The molecule has 6 nitrogen and oxygen atoms in total. The first-order valence-corrected chi connectivity index (χ1v) is 11.1. The van der Waals surface area contributed by atoms with Gasteiger partial charge in [-0.2, -0.15) is 4.98 Å². The molecule has 0 N–H and O–H groups in total. The van der Waals surface area contributed by atoms with Crippen LogP contribution < -0.4 is 0 Å². The van der Waals surface area contributed by atoms with Gasteiger partial charge in [0.05, 0.1) is 17.5 Å². The van der Waals surface area contributed by atoms with E-state index in [9.17, 15) is 4.79 Å². The van der Waals surface area contributed by atoms with Gasteiger partial charge in [-0.3, -0.25) is 9.69 Å². The molecule has 1 unspecified atom stereocenters. The zero-order valence-electron chi connectivity index (χ0n) is 16.4. The van der Waals surface area contributed by atoms with Gasteiger partial charge in [-0.25, -0.2) is 0 Å². The molecule has 0 saturated carbocycles. The van der Waals surface area contributed by atoms with Crippen LogP contribution in [0.25, 0.3) is 11.4 Å². The molecule has 2 aliphatic heterocycles. The highest BCUT2D eigenvalue weighted by atomic mass is 35.5. The largest absolute Gasteiger partial charge is 0.342 e. The predicted octanol–water partition coefficient (Wildman–Crippen LogP) is 4.66. The highest BCUT2D eigenvalue weighted by Gasteiger charge is 2.30. The Bertz CT molecular complexity index is 849. The Morgan fingerprint density at radius 2 is 1.90 bits per heavy atom. The Kier molecular flexibility index (Phi) is 6.73. The molecular formula is C21H26Cl2N4O2. The third-order valence-corrected chi connectivity index (χ3v) is 6.32. The van der Waals surface area contributed by atoms with E-state index in [-0.39, 0.29) is 5.92 Å². The van der Waals surface area contributed by atoms with Crippen LogP contribution in [-0.4, -0.2) is 52.0 Å². The van der Waals surface area contributed by atoms with Crippen LogP contribution in [0.15, 0.2) is 22.7 Å². The number of aromatic nitrogens is 2. The van der Waals surface area contributed by atoms with E-state index in [2.05, 4.69) is 19.9 Å². The highest BCUT2D eigenvalue weighted by Crippen LogP contribution is 2.29. The second-order valence-corrected chi connectivity index (χ2v) is 8.79. The molecule has 0 aliphatic carbocycles. The van der Waals surface area contributed by atoms with Gasteiger partial charge in [0.15, 0.2) is 0 Å². The second-order valence-electron chi connectivity index (χ2n) is 7.95. The Hall–Kier alpha value is -1.63. The van der Waals surface area contributed by atoms with E-state index in [1.165, 1.54) is 12.8 Å². The molecule has 0 spiro atoms. The molecule has 0 radical (unpaired) electrons. The first-order valence-electron chi connectivity index (χ1n) is 10.4. The number of carbonyl (C=O) groups excluding carboxylic acids is 1.